The summed E-state index contributed by atoms with van der Waals surface area (Å²) in [6.07, 6.45) is 3.06. The molecule has 1 saturated heterocycles. The van der Waals surface area contributed by atoms with Gasteiger partial charge < -0.3 is 10.2 Å². The highest BCUT2D eigenvalue weighted by Crippen LogP contribution is 2.21. The van der Waals surface area contributed by atoms with E-state index >= 15 is 0 Å². The first-order valence-electron chi connectivity index (χ1n) is 8.72. The fourth-order valence-corrected chi connectivity index (χ4v) is 4.60. The number of sulfonamides is 1. The highest BCUT2D eigenvalue weighted by molar-refractivity contribution is 7.88. The van der Waals surface area contributed by atoms with Crippen molar-refractivity contribution in [3.05, 3.63) is 48.3 Å². The van der Waals surface area contributed by atoms with E-state index in [2.05, 4.69) is 15.3 Å². The number of anilines is 2. The van der Waals surface area contributed by atoms with Gasteiger partial charge in [0.2, 0.25) is 10.0 Å². The Morgan fingerprint density at radius 2 is 1.85 bits per heavy atom. The van der Waals surface area contributed by atoms with Crippen LogP contribution in [0.3, 0.4) is 0 Å². The summed E-state index contributed by atoms with van der Waals surface area (Å²) < 4.78 is 26.8. The molecule has 0 aliphatic carbocycles. The van der Waals surface area contributed by atoms with Gasteiger partial charge >= 0.3 is 0 Å². The molecule has 8 heteroatoms. The number of nitrogens with zero attached hydrogens (tertiary/aromatic N) is 4. The van der Waals surface area contributed by atoms with Crippen molar-refractivity contribution < 1.29 is 8.42 Å². The molecule has 1 aliphatic heterocycles. The van der Waals surface area contributed by atoms with Gasteiger partial charge in [0.1, 0.15) is 18.0 Å². The number of nitrogens with one attached hydrogen (secondary N) is 1. The van der Waals surface area contributed by atoms with E-state index in [-0.39, 0.29) is 11.8 Å². The quantitative estimate of drug-likeness (QED) is 0.831. The molecule has 0 bridgehead atoms. The van der Waals surface area contributed by atoms with Gasteiger partial charge in [0.05, 0.1) is 5.75 Å². The third-order valence-electron chi connectivity index (χ3n) is 4.50. The third-order valence-corrected chi connectivity index (χ3v) is 6.35. The summed E-state index contributed by atoms with van der Waals surface area (Å²) in [7, 11) is 0.588. The standard InChI is InChI=1S/C18H25N5O2S/c1-22(2)18-12-17(19-14-20-18)21-16-8-10-23(11-9-16)26(24,25)13-15-6-4-3-5-7-15/h3-7,12,14,16H,8-11,13H2,1-2H3,(H,19,20,21). The predicted molar refractivity (Wildman–Crippen MR) is 104 cm³/mol. The van der Waals surface area contributed by atoms with Crippen LogP contribution in [0, 0.1) is 0 Å². The minimum Gasteiger partial charge on any atom is -0.367 e. The first-order valence-corrected chi connectivity index (χ1v) is 10.3. The van der Waals surface area contributed by atoms with Gasteiger partial charge in [-0.25, -0.2) is 22.7 Å². The lowest BCUT2D eigenvalue weighted by Crippen LogP contribution is -2.42. The normalized spacial score (nSPS) is 16.4. The second-order valence-electron chi connectivity index (χ2n) is 6.72. The second-order valence-corrected chi connectivity index (χ2v) is 8.68. The van der Waals surface area contributed by atoms with Gasteiger partial charge in [0.25, 0.3) is 0 Å². The van der Waals surface area contributed by atoms with Crippen molar-refractivity contribution in [2.75, 3.05) is 37.4 Å². The highest BCUT2D eigenvalue weighted by Gasteiger charge is 2.28. The first-order chi connectivity index (χ1) is 12.4. The SMILES string of the molecule is CN(C)c1cc(NC2CCN(S(=O)(=O)Cc3ccccc3)CC2)ncn1. The van der Waals surface area contributed by atoms with Crippen molar-refractivity contribution in [3.8, 4) is 0 Å². The maximum Gasteiger partial charge on any atom is 0.218 e. The van der Waals surface area contributed by atoms with Crippen LogP contribution < -0.4 is 10.2 Å². The van der Waals surface area contributed by atoms with Gasteiger partial charge in [-0.3, -0.25) is 0 Å². The van der Waals surface area contributed by atoms with E-state index < -0.39 is 10.0 Å². The number of benzene rings is 1. The molecule has 0 radical (unpaired) electrons. The zero-order chi connectivity index (χ0) is 18.6. The molecule has 140 valence electrons. The molecule has 1 aliphatic rings. The van der Waals surface area contributed by atoms with Crippen molar-refractivity contribution in [1.29, 1.82) is 0 Å². The molecule has 0 spiro atoms. The van der Waals surface area contributed by atoms with Crippen LogP contribution in [0.5, 0.6) is 0 Å². The van der Waals surface area contributed by atoms with E-state index in [1.165, 1.54) is 6.33 Å². The van der Waals surface area contributed by atoms with Crippen LogP contribution >= 0.6 is 0 Å². The minimum absolute atomic E-state index is 0.0596. The molecule has 0 atom stereocenters. The summed E-state index contributed by atoms with van der Waals surface area (Å²) in [5, 5.41) is 3.40. The maximum absolute atomic E-state index is 12.6. The molecule has 0 unspecified atom stereocenters. The Kier molecular flexibility index (Phi) is 5.73. The summed E-state index contributed by atoms with van der Waals surface area (Å²) in [4.78, 5) is 10.4. The fraction of sp³-hybridized carbons (Fsp3) is 0.444. The van der Waals surface area contributed by atoms with Gasteiger partial charge in [0.15, 0.2) is 0 Å². The smallest absolute Gasteiger partial charge is 0.218 e. The predicted octanol–water partition coefficient (Wildman–Crippen LogP) is 1.95. The first kappa shape index (κ1) is 18.6. The molecular formula is C18H25N5O2S. The van der Waals surface area contributed by atoms with Crippen LogP contribution in [0.4, 0.5) is 11.6 Å². The van der Waals surface area contributed by atoms with Crippen LogP contribution in [0.1, 0.15) is 18.4 Å². The topological polar surface area (TPSA) is 78.4 Å². The molecule has 7 nitrogen and oxygen atoms in total. The summed E-state index contributed by atoms with van der Waals surface area (Å²) in [5.74, 6) is 1.67. The Bertz CT molecular complexity index is 818. The number of aromatic nitrogens is 2. The minimum atomic E-state index is -3.28. The summed E-state index contributed by atoms with van der Waals surface area (Å²) in [6, 6.07) is 11.4. The Morgan fingerprint density at radius 1 is 1.15 bits per heavy atom. The van der Waals surface area contributed by atoms with Crippen molar-refractivity contribution in [2.24, 2.45) is 0 Å². The number of hydrogen-bond donors (Lipinski definition) is 1. The van der Waals surface area contributed by atoms with E-state index in [0.29, 0.717) is 13.1 Å². The van der Waals surface area contributed by atoms with Gasteiger partial charge in [-0.1, -0.05) is 30.3 Å². The van der Waals surface area contributed by atoms with Gasteiger partial charge in [0, 0.05) is 39.3 Å². The lowest BCUT2D eigenvalue weighted by atomic mass is 10.1. The number of rotatable bonds is 6. The summed E-state index contributed by atoms with van der Waals surface area (Å²) >= 11 is 0. The molecular weight excluding hydrogens is 350 g/mol. The lowest BCUT2D eigenvalue weighted by molar-refractivity contribution is 0.329. The van der Waals surface area contributed by atoms with Crippen molar-refractivity contribution in [1.82, 2.24) is 14.3 Å². The average Bonchev–Trinajstić information content (AvgIpc) is 2.63. The molecule has 0 saturated carbocycles. The monoisotopic (exact) mass is 375 g/mol. The number of piperidine rings is 1. The van der Waals surface area contributed by atoms with Crippen molar-refractivity contribution in [2.45, 2.75) is 24.6 Å². The molecule has 2 heterocycles. The van der Waals surface area contributed by atoms with Gasteiger partial charge in [-0.05, 0) is 18.4 Å². The maximum atomic E-state index is 12.6. The molecule has 2 aromatic rings. The molecule has 26 heavy (non-hydrogen) atoms. The zero-order valence-electron chi connectivity index (χ0n) is 15.2. The van der Waals surface area contributed by atoms with E-state index in [9.17, 15) is 8.42 Å². The van der Waals surface area contributed by atoms with E-state index in [4.69, 9.17) is 0 Å². The third kappa shape index (κ3) is 4.70. The average molecular weight is 375 g/mol. The van der Waals surface area contributed by atoms with Crippen LogP contribution in [-0.4, -0.2) is 55.9 Å². The Morgan fingerprint density at radius 3 is 2.50 bits per heavy atom. The Hall–Kier alpha value is -2.19. The zero-order valence-corrected chi connectivity index (χ0v) is 16.0. The van der Waals surface area contributed by atoms with Crippen LogP contribution in [0.25, 0.3) is 0 Å². The van der Waals surface area contributed by atoms with Crippen molar-refractivity contribution in [3.63, 3.8) is 0 Å². The molecule has 1 aromatic carbocycles. The molecule has 3 rings (SSSR count). The van der Waals surface area contributed by atoms with Crippen LogP contribution in [0.15, 0.2) is 42.7 Å². The second kappa shape index (κ2) is 8.01. The number of hydrogen-bond acceptors (Lipinski definition) is 6. The van der Waals surface area contributed by atoms with Gasteiger partial charge in [-0.2, -0.15) is 0 Å². The lowest BCUT2D eigenvalue weighted by Gasteiger charge is -2.32. The van der Waals surface area contributed by atoms with E-state index in [1.807, 2.05) is 55.4 Å². The molecule has 1 N–H and O–H groups in total. The van der Waals surface area contributed by atoms with E-state index in [1.54, 1.807) is 4.31 Å². The highest BCUT2D eigenvalue weighted by atomic mass is 32.2. The molecule has 1 aromatic heterocycles. The van der Waals surface area contributed by atoms with Crippen LogP contribution in [0.2, 0.25) is 0 Å². The summed E-state index contributed by atoms with van der Waals surface area (Å²) in [5.41, 5.74) is 0.824. The summed E-state index contributed by atoms with van der Waals surface area (Å²) in [6.45, 7) is 1.05. The largest absolute Gasteiger partial charge is 0.367 e. The Balaban J connectivity index is 1.56. The van der Waals surface area contributed by atoms with E-state index in [0.717, 1.165) is 30.0 Å². The van der Waals surface area contributed by atoms with Crippen LogP contribution in [-0.2, 0) is 15.8 Å². The Labute approximate surface area is 155 Å². The molecule has 0 amide bonds. The molecule has 1 fully saturated rings. The van der Waals surface area contributed by atoms with Crippen molar-refractivity contribution >= 4 is 21.7 Å². The fourth-order valence-electron chi connectivity index (χ4n) is 3.03. The van der Waals surface area contributed by atoms with Gasteiger partial charge in [-0.15, -0.1) is 0 Å².